The number of aromatic nitrogens is 3. The number of hydrogen-bond donors (Lipinski definition) is 0. The first-order chi connectivity index (χ1) is 25.8. The molecule has 0 N–H and O–H groups in total. The fourth-order valence-electron chi connectivity index (χ4n) is 7.71. The van der Waals surface area contributed by atoms with Crippen LogP contribution < -0.4 is 0 Å². The van der Waals surface area contributed by atoms with Gasteiger partial charge in [-0.25, -0.2) is 9.97 Å². The molecule has 0 atom stereocenters. The maximum absolute atomic E-state index is 6.86. The number of benzene rings is 6. The van der Waals surface area contributed by atoms with E-state index in [1.54, 1.807) is 0 Å². The first kappa shape index (κ1) is 32.6. The van der Waals surface area contributed by atoms with Crippen LogP contribution in [0, 0.1) is 6.92 Å². The van der Waals surface area contributed by atoms with Crippen LogP contribution >= 0.6 is 0 Å². The SMILES string of the molecule is Cc1cnc2c(c1)nc(-c1cccc3c1oc1cc(-c4ccc(-c5ccccc5)cc4)ccc13)n2-c1c(C(C)C)cc(-c2ccccc2)cc1C(C)C. The lowest BCUT2D eigenvalue weighted by Crippen LogP contribution is -2.10. The van der Waals surface area contributed by atoms with E-state index in [-0.39, 0.29) is 11.8 Å². The van der Waals surface area contributed by atoms with Crippen LogP contribution in [0.4, 0.5) is 0 Å². The standard InChI is InChI=1S/C49H41N3O/c1-30(2)42-26-38(34-15-10-7-11-16-34)27-43(31(3)4)46(42)52-48(51-44-25-32(5)29-50-49(44)52)41-18-12-17-40-39-24-23-37(28-45(39)53-47(40)41)36-21-19-35(20-22-36)33-13-8-6-9-14-33/h6-31H,1-5H3. The number of aryl methyl sites for hydroxylation is 1. The van der Waals surface area contributed by atoms with Crippen molar-refractivity contribution in [1.82, 2.24) is 14.5 Å². The van der Waals surface area contributed by atoms with Crippen molar-refractivity contribution in [1.29, 1.82) is 0 Å². The maximum Gasteiger partial charge on any atom is 0.164 e. The molecule has 0 amide bonds. The Balaban J connectivity index is 1.24. The molecule has 0 radical (unpaired) electrons. The van der Waals surface area contributed by atoms with E-state index in [9.17, 15) is 0 Å². The smallest absolute Gasteiger partial charge is 0.164 e. The van der Waals surface area contributed by atoms with E-state index >= 15 is 0 Å². The Morgan fingerprint density at radius 2 is 1.13 bits per heavy atom. The summed E-state index contributed by atoms with van der Waals surface area (Å²) in [5.41, 5.74) is 16.2. The Morgan fingerprint density at radius 3 is 1.77 bits per heavy atom. The highest BCUT2D eigenvalue weighted by molar-refractivity contribution is 6.10. The Hall–Kier alpha value is -6.26. The van der Waals surface area contributed by atoms with E-state index < -0.39 is 0 Å². The Labute approximate surface area is 310 Å². The van der Waals surface area contributed by atoms with Crippen LogP contribution in [0.5, 0.6) is 0 Å². The Kier molecular flexibility index (Phi) is 8.04. The predicted molar refractivity (Wildman–Crippen MR) is 221 cm³/mol. The molecule has 53 heavy (non-hydrogen) atoms. The van der Waals surface area contributed by atoms with E-state index in [2.05, 4.69) is 179 Å². The molecule has 0 aliphatic carbocycles. The van der Waals surface area contributed by atoms with Gasteiger partial charge in [0.15, 0.2) is 11.5 Å². The van der Waals surface area contributed by atoms with Gasteiger partial charge in [0.25, 0.3) is 0 Å². The third kappa shape index (κ3) is 5.72. The van der Waals surface area contributed by atoms with Gasteiger partial charge in [0, 0.05) is 17.0 Å². The van der Waals surface area contributed by atoms with E-state index in [0.29, 0.717) is 0 Å². The molecule has 4 heteroatoms. The summed E-state index contributed by atoms with van der Waals surface area (Å²) in [6.07, 6.45) is 1.95. The summed E-state index contributed by atoms with van der Waals surface area (Å²) in [7, 11) is 0. The number of para-hydroxylation sites is 1. The molecular formula is C49H41N3O. The zero-order valence-electron chi connectivity index (χ0n) is 30.8. The average Bonchev–Trinajstić information content (AvgIpc) is 3.75. The molecule has 3 heterocycles. The van der Waals surface area contributed by atoms with Gasteiger partial charge in [-0.1, -0.05) is 131 Å². The summed E-state index contributed by atoms with van der Waals surface area (Å²) in [5.74, 6) is 1.34. The van der Waals surface area contributed by atoms with Crippen molar-refractivity contribution in [3.8, 4) is 50.5 Å². The van der Waals surface area contributed by atoms with Crippen molar-refractivity contribution in [3.63, 3.8) is 0 Å². The first-order valence-corrected chi connectivity index (χ1v) is 18.5. The van der Waals surface area contributed by atoms with Crippen LogP contribution in [0.3, 0.4) is 0 Å². The van der Waals surface area contributed by atoms with Gasteiger partial charge in [0.1, 0.15) is 16.7 Å². The van der Waals surface area contributed by atoms with Crippen LogP contribution in [0.25, 0.3) is 83.6 Å². The second-order valence-corrected chi connectivity index (χ2v) is 14.7. The van der Waals surface area contributed by atoms with E-state index in [4.69, 9.17) is 14.4 Å². The van der Waals surface area contributed by atoms with Crippen molar-refractivity contribution >= 4 is 33.1 Å². The van der Waals surface area contributed by atoms with Gasteiger partial charge in [-0.05, 0) is 105 Å². The molecule has 4 nitrogen and oxygen atoms in total. The third-order valence-corrected chi connectivity index (χ3v) is 10.4. The number of rotatable bonds is 7. The number of imidazole rings is 1. The second-order valence-electron chi connectivity index (χ2n) is 14.7. The highest BCUT2D eigenvalue weighted by atomic mass is 16.3. The molecular weight excluding hydrogens is 647 g/mol. The molecule has 9 rings (SSSR count). The number of pyridine rings is 1. The Bertz CT molecular complexity index is 2740. The van der Waals surface area contributed by atoms with Crippen molar-refractivity contribution in [2.45, 2.75) is 46.5 Å². The minimum atomic E-state index is 0.254. The fraction of sp³-hybridized carbons (Fsp3) is 0.143. The van der Waals surface area contributed by atoms with E-state index in [1.165, 1.54) is 33.4 Å². The Morgan fingerprint density at radius 1 is 0.547 bits per heavy atom. The minimum Gasteiger partial charge on any atom is -0.455 e. The van der Waals surface area contributed by atoms with Crippen molar-refractivity contribution in [3.05, 3.63) is 162 Å². The summed E-state index contributed by atoms with van der Waals surface area (Å²) in [4.78, 5) is 10.4. The summed E-state index contributed by atoms with van der Waals surface area (Å²) >= 11 is 0. The van der Waals surface area contributed by atoms with Gasteiger partial charge in [-0.2, -0.15) is 0 Å². The minimum absolute atomic E-state index is 0.254. The zero-order valence-corrected chi connectivity index (χ0v) is 30.8. The highest BCUT2D eigenvalue weighted by Gasteiger charge is 2.26. The van der Waals surface area contributed by atoms with Gasteiger partial charge in [0.2, 0.25) is 0 Å². The molecule has 9 aromatic rings. The summed E-state index contributed by atoms with van der Waals surface area (Å²) in [6, 6.07) is 49.8. The normalized spacial score (nSPS) is 11.8. The molecule has 0 spiro atoms. The second kappa shape index (κ2) is 13.1. The maximum atomic E-state index is 6.86. The number of furan rings is 1. The van der Waals surface area contributed by atoms with Crippen molar-refractivity contribution < 1.29 is 4.42 Å². The molecule has 0 saturated heterocycles. The summed E-state index contributed by atoms with van der Waals surface area (Å²) in [5, 5.41) is 2.15. The van der Waals surface area contributed by atoms with Crippen LogP contribution in [-0.2, 0) is 0 Å². The van der Waals surface area contributed by atoms with Gasteiger partial charge in [-0.15, -0.1) is 0 Å². The summed E-state index contributed by atoms with van der Waals surface area (Å²) < 4.78 is 9.16. The molecule has 3 aromatic heterocycles. The predicted octanol–water partition coefficient (Wildman–Crippen LogP) is 13.5. The molecule has 0 unspecified atom stereocenters. The summed E-state index contributed by atoms with van der Waals surface area (Å²) in [6.45, 7) is 11.2. The van der Waals surface area contributed by atoms with E-state index in [0.717, 1.165) is 66.9 Å². The largest absolute Gasteiger partial charge is 0.455 e. The molecule has 0 saturated carbocycles. The number of hydrogen-bond acceptors (Lipinski definition) is 3. The molecule has 0 fully saturated rings. The van der Waals surface area contributed by atoms with E-state index in [1.807, 2.05) is 6.20 Å². The first-order valence-electron chi connectivity index (χ1n) is 18.5. The van der Waals surface area contributed by atoms with Crippen LogP contribution in [0.1, 0.15) is 56.2 Å². The fourth-order valence-corrected chi connectivity index (χ4v) is 7.71. The quantitative estimate of drug-likeness (QED) is 0.167. The third-order valence-electron chi connectivity index (χ3n) is 10.4. The highest BCUT2D eigenvalue weighted by Crippen LogP contribution is 2.43. The van der Waals surface area contributed by atoms with Gasteiger partial charge in [-0.3, -0.25) is 4.57 Å². The molecule has 258 valence electrons. The zero-order chi connectivity index (χ0) is 36.2. The average molecular weight is 688 g/mol. The molecule has 0 aliphatic rings. The lowest BCUT2D eigenvalue weighted by atomic mass is 9.88. The van der Waals surface area contributed by atoms with Gasteiger partial charge >= 0.3 is 0 Å². The lowest BCUT2D eigenvalue weighted by Gasteiger charge is -2.24. The van der Waals surface area contributed by atoms with Crippen LogP contribution in [0.2, 0.25) is 0 Å². The number of fused-ring (bicyclic) bond motifs is 4. The molecule has 0 aliphatic heterocycles. The van der Waals surface area contributed by atoms with Crippen LogP contribution in [-0.4, -0.2) is 14.5 Å². The monoisotopic (exact) mass is 687 g/mol. The van der Waals surface area contributed by atoms with Gasteiger partial charge in [0.05, 0.1) is 11.3 Å². The molecule has 0 bridgehead atoms. The topological polar surface area (TPSA) is 43.9 Å². The number of nitrogens with zero attached hydrogens (tertiary/aromatic N) is 3. The van der Waals surface area contributed by atoms with Crippen molar-refractivity contribution in [2.75, 3.05) is 0 Å². The van der Waals surface area contributed by atoms with Gasteiger partial charge < -0.3 is 4.42 Å². The van der Waals surface area contributed by atoms with Crippen molar-refractivity contribution in [2.24, 2.45) is 0 Å². The lowest BCUT2D eigenvalue weighted by molar-refractivity contribution is 0.669. The molecule has 6 aromatic carbocycles. The van der Waals surface area contributed by atoms with Crippen LogP contribution in [0.15, 0.2) is 150 Å².